The van der Waals surface area contributed by atoms with Gasteiger partial charge < -0.3 is 15.4 Å². The zero-order valence-corrected chi connectivity index (χ0v) is 18.9. The maximum Gasteiger partial charge on any atom is 0.255 e. The summed E-state index contributed by atoms with van der Waals surface area (Å²) in [4.78, 5) is 13.6. The molecule has 170 valence electrons. The first-order chi connectivity index (χ1) is 16.6. The van der Waals surface area contributed by atoms with Crippen LogP contribution in [0.5, 0.6) is 5.75 Å². The van der Waals surface area contributed by atoms with Gasteiger partial charge in [0.15, 0.2) is 0 Å². The van der Waals surface area contributed by atoms with Gasteiger partial charge in [0, 0.05) is 16.9 Å². The fourth-order valence-corrected chi connectivity index (χ4v) is 4.07. The van der Waals surface area contributed by atoms with E-state index in [0.717, 1.165) is 22.4 Å². The molecule has 1 aliphatic rings. The third-order valence-electron chi connectivity index (χ3n) is 5.80. The first-order valence-electron chi connectivity index (χ1n) is 11.0. The van der Waals surface area contributed by atoms with Crippen molar-refractivity contribution in [2.75, 3.05) is 10.6 Å². The third-order valence-corrected chi connectivity index (χ3v) is 5.80. The molecule has 0 radical (unpaired) electrons. The number of aromatic nitrogens is 4. The maximum atomic E-state index is 13.6. The highest BCUT2D eigenvalue weighted by Crippen LogP contribution is 2.39. The Hall–Kier alpha value is -4.46. The number of nitrogens with one attached hydrogen (secondary N) is 2. The highest BCUT2D eigenvalue weighted by Gasteiger charge is 2.35. The van der Waals surface area contributed by atoms with Crippen molar-refractivity contribution in [1.29, 1.82) is 0 Å². The van der Waals surface area contributed by atoms with Crippen LogP contribution in [0.4, 0.5) is 11.6 Å². The van der Waals surface area contributed by atoms with Gasteiger partial charge in [-0.25, -0.2) is 0 Å². The number of carbonyl (C=O) groups excluding carboxylic acids is 1. The number of hydrogen-bond donors (Lipinski definition) is 2. The van der Waals surface area contributed by atoms with Gasteiger partial charge in [-0.1, -0.05) is 71.8 Å². The molecule has 1 amide bonds. The Labute approximate surface area is 197 Å². The van der Waals surface area contributed by atoms with E-state index in [0.29, 0.717) is 29.6 Å². The maximum absolute atomic E-state index is 13.6. The van der Waals surface area contributed by atoms with E-state index in [1.807, 2.05) is 92.7 Å². The summed E-state index contributed by atoms with van der Waals surface area (Å²) < 4.78 is 7.83. The van der Waals surface area contributed by atoms with E-state index in [1.54, 1.807) is 4.68 Å². The van der Waals surface area contributed by atoms with Crippen LogP contribution < -0.4 is 15.4 Å². The molecule has 0 aliphatic carbocycles. The fraction of sp³-hybridized carbons (Fsp3) is 0.154. The zero-order chi connectivity index (χ0) is 23.5. The van der Waals surface area contributed by atoms with E-state index >= 15 is 0 Å². The van der Waals surface area contributed by atoms with Crippen molar-refractivity contribution in [3.63, 3.8) is 0 Å². The van der Waals surface area contributed by atoms with E-state index in [4.69, 9.17) is 4.74 Å². The lowest BCUT2D eigenvalue weighted by molar-refractivity contribution is -0.113. The molecular weight excluding hydrogens is 428 g/mol. The molecule has 3 aromatic carbocycles. The van der Waals surface area contributed by atoms with Crippen molar-refractivity contribution in [1.82, 2.24) is 20.2 Å². The molecule has 0 spiro atoms. The minimum atomic E-state index is -0.567. The second kappa shape index (κ2) is 9.19. The van der Waals surface area contributed by atoms with Crippen LogP contribution in [0.25, 0.3) is 0 Å². The molecule has 34 heavy (non-hydrogen) atoms. The molecule has 0 saturated carbocycles. The number of nitrogens with zero attached hydrogens (tertiary/aromatic N) is 4. The van der Waals surface area contributed by atoms with E-state index in [2.05, 4.69) is 26.2 Å². The summed E-state index contributed by atoms with van der Waals surface area (Å²) in [6.07, 6.45) is 0. The molecule has 8 heteroatoms. The van der Waals surface area contributed by atoms with Gasteiger partial charge in [-0.3, -0.25) is 4.79 Å². The van der Waals surface area contributed by atoms with Gasteiger partial charge in [-0.2, -0.15) is 4.68 Å². The number of benzene rings is 3. The first-order valence-corrected chi connectivity index (χ1v) is 11.0. The summed E-state index contributed by atoms with van der Waals surface area (Å²) in [6.45, 7) is 4.21. The number of anilines is 2. The molecule has 2 N–H and O–H groups in total. The van der Waals surface area contributed by atoms with Gasteiger partial charge in [-0.15, -0.1) is 0 Å². The van der Waals surface area contributed by atoms with Crippen molar-refractivity contribution in [2.24, 2.45) is 0 Å². The highest BCUT2D eigenvalue weighted by atomic mass is 16.5. The van der Waals surface area contributed by atoms with E-state index in [9.17, 15) is 4.79 Å². The predicted octanol–water partition coefficient (Wildman–Crippen LogP) is 4.49. The minimum absolute atomic E-state index is 0.233. The number of carbonyl (C=O) groups is 1. The molecule has 1 aliphatic heterocycles. The van der Waals surface area contributed by atoms with Gasteiger partial charge >= 0.3 is 0 Å². The Balaban J connectivity index is 1.53. The smallest absolute Gasteiger partial charge is 0.255 e. The van der Waals surface area contributed by atoms with Crippen molar-refractivity contribution in [2.45, 2.75) is 26.5 Å². The highest BCUT2D eigenvalue weighted by molar-refractivity contribution is 6.06. The van der Waals surface area contributed by atoms with Crippen LogP contribution in [-0.4, -0.2) is 26.1 Å². The number of fused-ring (bicyclic) bond motifs is 1. The molecule has 1 atom stereocenters. The van der Waals surface area contributed by atoms with Gasteiger partial charge in [0.2, 0.25) is 5.95 Å². The Bertz CT molecular complexity index is 1360. The molecule has 0 unspecified atom stereocenters. The summed E-state index contributed by atoms with van der Waals surface area (Å²) in [5.41, 5.74) is 4.76. The molecule has 0 saturated heterocycles. The second-order valence-corrected chi connectivity index (χ2v) is 8.09. The number of amides is 1. The van der Waals surface area contributed by atoms with Gasteiger partial charge in [0.05, 0.1) is 5.57 Å². The van der Waals surface area contributed by atoms with Crippen molar-refractivity contribution >= 4 is 17.5 Å². The molecule has 0 fully saturated rings. The zero-order valence-electron chi connectivity index (χ0n) is 18.9. The van der Waals surface area contributed by atoms with Crippen molar-refractivity contribution in [3.8, 4) is 5.75 Å². The lowest BCUT2D eigenvalue weighted by Crippen LogP contribution is -2.32. The van der Waals surface area contributed by atoms with E-state index < -0.39 is 6.04 Å². The summed E-state index contributed by atoms with van der Waals surface area (Å²) in [5, 5.41) is 18.3. The van der Waals surface area contributed by atoms with Crippen molar-refractivity contribution < 1.29 is 9.53 Å². The second-order valence-electron chi connectivity index (χ2n) is 8.09. The van der Waals surface area contributed by atoms with Gasteiger partial charge in [0.25, 0.3) is 5.91 Å². The fourth-order valence-electron chi connectivity index (χ4n) is 4.07. The first kappa shape index (κ1) is 21.4. The topological polar surface area (TPSA) is 94.0 Å². The number of tetrazole rings is 1. The number of ether oxygens (including phenoxy) is 1. The summed E-state index contributed by atoms with van der Waals surface area (Å²) in [6, 6.07) is 24.7. The van der Waals surface area contributed by atoms with Crippen LogP contribution in [0.3, 0.4) is 0 Å². The molecular formula is C26H24N6O2. The van der Waals surface area contributed by atoms with Crippen LogP contribution in [0.15, 0.2) is 90.1 Å². The lowest BCUT2D eigenvalue weighted by atomic mass is 9.94. The third kappa shape index (κ3) is 4.13. The minimum Gasteiger partial charge on any atom is -0.489 e. The number of rotatable bonds is 6. The monoisotopic (exact) mass is 452 g/mol. The Kier molecular flexibility index (Phi) is 5.78. The SMILES string of the molecule is CC1=C(C(=O)Nc2ccccc2C)[C@H](c2ccccc2OCc2ccccc2)n2nnnc2N1. The molecule has 2 heterocycles. The molecule has 4 aromatic rings. The van der Waals surface area contributed by atoms with Crippen LogP contribution >= 0.6 is 0 Å². The number of aryl methyl sites for hydroxylation is 1. The summed E-state index contributed by atoms with van der Waals surface area (Å²) in [5.74, 6) is 0.893. The Morgan fingerprint density at radius 3 is 2.56 bits per heavy atom. The standard InChI is InChI=1S/C26H24N6O2/c1-17-10-6-8-14-21(17)28-25(33)23-18(2)27-26-29-30-31-32(26)24(23)20-13-7-9-15-22(20)34-16-19-11-4-3-5-12-19/h3-15,24H,16H2,1-2H3,(H,28,33)(H,27,29,31)/t24-/m0/s1. The quantitative estimate of drug-likeness (QED) is 0.448. The lowest BCUT2D eigenvalue weighted by Gasteiger charge is -2.29. The average Bonchev–Trinajstić information content (AvgIpc) is 3.32. The molecule has 5 rings (SSSR count). The molecule has 1 aromatic heterocycles. The largest absolute Gasteiger partial charge is 0.489 e. The van der Waals surface area contributed by atoms with E-state index in [1.165, 1.54) is 0 Å². The Morgan fingerprint density at radius 1 is 1.00 bits per heavy atom. The molecule has 0 bridgehead atoms. The number of hydrogen-bond acceptors (Lipinski definition) is 6. The summed E-state index contributed by atoms with van der Waals surface area (Å²) >= 11 is 0. The van der Waals surface area contributed by atoms with Crippen LogP contribution in [0.1, 0.15) is 29.7 Å². The van der Waals surface area contributed by atoms with Gasteiger partial charge in [0.1, 0.15) is 18.4 Å². The number of para-hydroxylation sites is 2. The normalized spacial score (nSPS) is 14.8. The van der Waals surface area contributed by atoms with Crippen LogP contribution in [0, 0.1) is 6.92 Å². The average molecular weight is 453 g/mol. The predicted molar refractivity (Wildman–Crippen MR) is 129 cm³/mol. The number of allylic oxidation sites excluding steroid dienone is 1. The van der Waals surface area contributed by atoms with Crippen LogP contribution in [0.2, 0.25) is 0 Å². The summed E-state index contributed by atoms with van der Waals surface area (Å²) in [7, 11) is 0. The van der Waals surface area contributed by atoms with E-state index in [-0.39, 0.29) is 5.91 Å². The van der Waals surface area contributed by atoms with Crippen molar-refractivity contribution in [3.05, 3.63) is 107 Å². The Morgan fingerprint density at radius 2 is 1.74 bits per heavy atom. The molecule has 8 nitrogen and oxygen atoms in total. The van der Waals surface area contributed by atoms with Crippen LogP contribution in [-0.2, 0) is 11.4 Å². The van der Waals surface area contributed by atoms with Gasteiger partial charge in [-0.05, 0) is 47.5 Å².